The Hall–Kier alpha value is -1.26. The lowest BCUT2D eigenvalue weighted by molar-refractivity contribution is 0.530. The molecule has 0 atom stereocenters. The van der Waals surface area contributed by atoms with Gasteiger partial charge in [0.25, 0.3) is 0 Å². The zero-order valence-corrected chi connectivity index (χ0v) is 10.7. The maximum atomic E-state index is 5.31. The lowest BCUT2D eigenvalue weighted by Crippen LogP contribution is -2.12. The fraction of sp³-hybridized carbons (Fsp3) is 0.308. The van der Waals surface area contributed by atoms with Gasteiger partial charge in [0.15, 0.2) is 0 Å². The van der Waals surface area contributed by atoms with E-state index in [4.69, 9.17) is 4.42 Å². The topological polar surface area (TPSA) is 38.1 Å². The van der Waals surface area contributed by atoms with Gasteiger partial charge in [0.1, 0.15) is 10.8 Å². The van der Waals surface area contributed by atoms with Crippen LogP contribution in [0.4, 0.5) is 0 Å². The smallest absolute Gasteiger partial charge is 0.114 e. The van der Waals surface area contributed by atoms with E-state index in [2.05, 4.69) is 23.3 Å². The predicted molar refractivity (Wildman–Crippen MR) is 69.9 cm³/mol. The Labute approximate surface area is 106 Å². The summed E-state index contributed by atoms with van der Waals surface area (Å²) in [6, 6.07) is 7.98. The van der Waals surface area contributed by atoms with E-state index in [0.717, 1.165) is 29.6 Å². The average Bonchev–Trinajstić information content (AvgIpc) is 2.88. The van der Waals surface area contributed by atoms with Crippen LogP contribution in [0.5, 0.6) is 0 Å². The molecular formula is C13H16N2OS. The van der Waals surface area contributed by atoms with Crippen LogP contribution in [0.1, 0.15) is 18.2 Å². The molecule has 0 unspecified atom stereocenters. The number of nitrogens with zero attached hydrogens (tertiary/aromatic N) is 1. The summed E-state index contributed by atoms with van der Waals surface area (Å²) in [5.74, 6) is 1.80. The normalized spacial score (nSPS) is 10.6. The zero-order valence-electron chi connectivity index (χ0n) is 9.85. The molecule has 0 saturated heterocycles. The summed E-state index contributed by atoms with van der Waals surface area (Å²) in [4.78, 5) is 4.41. The van der Waals surface area contributed by atoms with Gasteiger partial charge in [-0.1, -0.05) is 24.8 Å². The van der Waals surface area contributed by atoms with Gasteiger partial charge in [-0.05, 0) is 30.3 Å². The van der Waals surface area contributed by atoms with Crippen LogP contribution in [0.2, 0.25) is 0 Å². The first-order valence-electron chi connectivity index (χ1n) is 5.70. The van der Waals surface area contributed by atoms with Crippen molar-refractivity contribution in [3.8, 4) is 0 Å². The van der Waals surface area contributed by atoms with Gasteiger partial charge < -0.3 is 9.73 Å². The van der Waals surface area contributed by atoms with Gasteiger partial charge in [-0.15, -0.1) is 0 Å². The number of nitrogens with one attached hydrogen (secondary N) is 1. The molecule has 0 aliphatic rings. The van der Waals surface area contributed by atoms with Crippen molar-refractivity contribution in [2.24, 2.45) is 0 Å². The van der Waals surface area contributed by atoms with Crippen molar-refractivity contribution >= 4 is 11.8 Å². The molecule has 0 fully saturated rings. The van der Waals surface area contributed by atoms with E-state index in [1.54, 1.807) is 18.0 Å². The van der Waals surface area contributed by atoms with Crippen LogP contribution in [0.15, 0.2) is 46.2 Å². The monoisotopic (exact) mass is 248 g/mol. The van der Waals surface area contributed by atoms with Crippen LogP contribution in [-0.4, -0.2) is 11.5 Å². The molecule has 0 aromatic carbocycles. The number of hydrogen-bond acceptors (Lipinski definition) is 4. The number of rotatable bonds is 6. The Morgan fingerprint density at radius 1 is 1.35 bits per heavy atom. The molecule has 0 radical (unpaired) electrons. The van der Waals surface area contributed by atoms with E-state index in [9.17, 15) is 0 Å². The molecule has 1 N–H and O–H groups in total. The van der Waals surface area contributed by atoms with E-state index in [-0.39, 0.29) is 0 Å². The Kier molecular flexibility index (Phi) is 4.64. The lowest BCUT2D eigenvalue weighted by Gasteiger charge is -2.07. The predicted octanol–water partition coefficient (Wildman–Crippen LogP) is 3.08. The summed E-state index contributed by atoms with van der Waals surface area (Å²) in [6.07, 6.45) is 3.54. The maximum Gasteiger partial charge on any atom is 0.114 e. The van der Waals surface area contributed by atoms with Crippen molar-refractivity contribution in [3.63, 3.8) is 0 Å². The van der Waals surface area contributed by atoms with Gasteiger partial charge >= 0.3 is 0 Å². The van der Waals surface area contributed by atoms with Gasteiger partial charge in [-0.25, -0.2) is 4.98 Å². The van der Waals surface area contributed by atoms with Crippen molar-refractivity contribution in [1.82, 2.24) is 10.3 Å². The molecule has 2 rings (SSSR count). The molecule has 2 aromatic rings. The Balaban J connectivity index is 1.99. The van der Waals surface area contributed by atoms with Crippen molar-refractivity contribution in [2.45, 2.75) is 24.2 Å². The molecule has 4 heteroatoms. The largest absolute Gasteiger partial charge is 0.468 e. The Morgan fingerprint density at radius 3 is 3.06 bits per heavy atom. The summed E-state index contributed by atoms with van der Waals surface area (Å²) >= 11 is 1.71. The number of pyridine rings is 1. The summed E-state index contributed by atoms with van der Waals surface area (Å²) in [5, 5.41) is 4.40. The van der Waals surface area contributed by atoms with E-state index in [1.165, 1.54) is 5.56 Å². The molecule has 17 heavy (non-hydrogen) atoms. The Bertz CT molecular complexity index is 442. The number of hydrogen-bond donors (Lipinski definition) is 1. The fourth-order valence-electron chi connectivity index (χ4n) is 1.48. The van der Waals surface area contributed by atoms with Crippen molar-refractivity contribution in [2.75, 3.05) is 6.54 Å². The van der Waals surface area contributed by atoms with Gasteiger partial charge in [-0.3, -0.25) is 0 Å². The highest BCUT2D eigenvalue weighted by Gasteiger charge is 2.05. The van der Waals surface area contributed by atoms with Gasteiger partial charge in [0.05, 0.1) is 12.0 Å². The Morgan fingerprint density at radius 2 is 2.29 bits per heavy atom. The number of furan rings is 1. The van der Waals surface area contributed by atoms with Gasteiger partial charge in [-0.2, -0.15) is 0 Å². The third-order valence-electron chi connectivity index (χ3n) is 2.35. The third-order valence-corrected chi connectivity index (χ3v) is 3.42. The van der Waals surface area contributed by atoms with E-state index >= 15 is 0 Å². The SMILES string of the molecule is CCNCc1cccnc1SCc1ccco1. The molecule has 0 saturated carbocycles. The summed E-state index contributed by atoms with van der Waals surface area (Å²) < 4.78 is 5.31. The molecule has 3 nitrogen and oxygen atoms in total. The van der Waals surface area contributed by atoms with Crippen molar-refractivity contribution in [3.05, 3.63) is 48.0 Å². The van der Waals surface area contributed by atoms with Crippen LogP contribution >= 0.6 is 11.8 Å². The van der Waals surface area contributed by atoms with E-state index in [0.29, 0.717) is 0 Å². The first kappa shape index (κ1) is 12.2. The lowest BCUT2D eigenvalue weighted by atomic mass is 10.3. The van der Waals surface area contributed by atoms with Crippen LogP contribution in [0.3, 0.4) is 0 Å². The van der Waals surface area contributed by atoms with Crippen molar-refractivity contribution < 1.29 is 4.42 Å². The zero-order chi connectivity index (χ0) is 11.9. The minimum atomic E-state index is 0.823. The van der Waals surface area contributed by atoms with Crippen LogP contribution in [0, 0.1) is 0 Å². The molecule has 90 valence electrons. The van der Waals surface area contributed by atoms with Crippen LogP contribution in [-0.2, 0) is 12.3 Å². The average molecular weight is 248 g/mol. The van der Waals surface area contributed by atoms with Gasteiger partial charge in [0.2, 0.25) is 0 Å². The highest BCUT2D eigenvalue weighted by atomic mass is 32.2. The molecular weight excluding hydrogens is 232 g/mol. The van der Waals surface area contributed by atoms with Crippen LogP contribution < -0.4 is 5.32 Å². The molecule has 0 spiro atoms. The first-order chi connectivity index (χ1) is 8.40. The van der Waals surface area contributed by atoms with Crippen molar-refractivity contribution in [1.29, 1.82) is 0 Å². The molecule has 0 aliphatic heterocycles. The standard InChI is InChI=1S/C13H16N2OS/c1-2-14-9-11-5-3-7-15-13(11)17-10-12-6-4-8-16-12/h3-8,14H,2,9-10H2,1H3. The first-order valence-corrected chi connectivity index (χ1v) is 6.68. The highest BCUT2D eigenvalue weighted by Crippen LogP contribution is 2.24. The maximum absolute atomic E-state index is 5.31. The van der Waals surface area contributed by atoms with Gasteiger partial charge in [0, 0.05) is 12.7 Å². The summed E-state index contributed by atoms with van der Waals surface area (Å²) in [7, 11) is 0. The second-order valence-electron chi connectivity index (χ2n) is 3.62. The summed E-state index contributed by atoms with van der Waals surface area (Å²) in [6.45, 7) is 3.94. The molecule has 0 amide bonds. The van der Waals surface area contributed by atoms with E-state index < -0.39 is 0 Å². The fourth-order valence-corrected chi connectivity index (χ4v) is 2.39. The molecule has 2 heterocycles. The third kappa shape index (κ3) is 3.61. The molecule has 0 aliphatic carbocycles. The molecule has 2 aromatic heterocycles. The number of thioether (sulfide) groups is 1. The highest BCUT2D eigenvalue weighted by molar-refractivity contribution is 7.98. The second kappa shape index (κ2) is 6.47. The quantitative estimate of drug-likeness (QED) is 0.797. The second-order valence-corrected chi connectivity index (χ2v) is 4.58. The minimum Gasteiger partial charge on any atom is -0.468 e. The number of aromatic nitrogens is 1. The van der Waals surface area contributed by atoms with Crippen LogP contribution in [0.25, 0.3) is 0 Å². The van der Waals surface area contributed by atoms with E-state index in [1.807, 2.05) is 24.4 Å². The summed E-state index contributed by atoms with van der Waals surface area (Å²) in [5.41, 5.74) is 1.24. The molecule has 0 bridgehead atoms. The minimum absolute atomic E-state index is 0.823.